The first-order valence-corrected chi connectivity index (χ1v) is 5.59. The molecule has 2 heterocycles. The van der Waals surface area contributed by atoms with Crippen LogP contribution in [0.25, 0.3) is 0 Å². The van der Waals surface area contributed by atoms with Gasteiger partial charge in [0.05, 0.1) is 0 Å². The lowest BCUT2D eigenvalue weighted by atomic mass is 10.1. The number of hydrogen-bond acceptors (Lipinski definition) is 2. The zero-order valence-electron chi connectivity index (χ0n) is 9.88. The number of rotatable bonds is 0. The predicted octanol–water partition coefficient (Wildman–Crippen LogP) is 2.16. The molecule has 2 nitrogen and oxygen atoms in total. The van der Waals surface area contributed by atoms with E-state index in [0.29, 0.717) is 25.9 Å². The van der Waals surface area contributed by atoms with Crippen LogP contribution < -0.4 is 10.6 Å². The molecule has 112 valence electrons. The van der Waals surface area contributed by atoms with Gasteiger partial charge >= 0.3 is 0 Å². The van der Waals surface area contributed by atoms with E-state index in [1.165, 1.54) is 0 Å². The summed E-state index contributed by atoms with van der Waals surface area (Å²) in [5.74, 6) is 0. The number of halogens is 6. The largest absolute Gasteiger partial charge is 0.314 e. The Bertz CT molecular complexity index is 163. The van der Waals surface area contributed by atoms with Crippen molar-refractivity contribution < 1.29 is 17.6 Å². The lowest BCUT2D eigenvalue weighted by Gasteiger charge is -2.19. The minimum atomic E-state index is -1.27. The lowest BCUT2D eigenvalue weighted by Crippen LogP contribution is -2.39. The average molecular weight is 315 g/mol. The molecule has 8 heteroatoms. The molecule has 0 unspecified atom stereocenters. The number of hydrogen-bond donors (Lipinski definition) is 2. The monoisotopic (exact) mass is 314 g/mol. The molecule has 2 aliphatic heterocycles. The molecule has 0 aliphatic carbocycles. The molecule has 18 heavy (non-hydrogen) atoms. The van der Waals surface area contributed by atoms with Crippen molar-refractivity contribution in [2.45, 2.75) is 37.5 Å². The van der Waals surface area contributed by atoms with Crippen LogP contribution in [0.2, 0.25) is 0 Å². The van der Waals surface area contributed by atoms with Gasteiger partial charge in [0.1, 0.15) is 24.7 Å². The maximum atomic E-state index is 12.2. The molecule has 0 radical (unpaired) electrons. The Morgan fingerprint density at radius 2 is 0.944 bits per heavy atom. The fourth-order valence-corrected chi connectivity index (χ4v) is 1.58. The molecule has 2 aliphatic rings. The van der Waals surface area contributed by atoms with E-state index in [1.54, 1.807) is 0 Å². The van der Waals surface area contributed by atoms with Crippen LogP contribution in [0.5, 0.6) is 0 Å². The lowest BCUT2D eigenvalue weighted by molar-refractivity contribution is 0.131. The van der Waals surface area contributed by atoms with Crippen molar-refractivity contribution in [3.8, 4) is 0 Å². The molecule has 2 N–H and O–H groups in total. The maximum Gasteiger partial charge on any atom is 0.144 e. The van der Waals surface area contributed by atoms with Crippen LogP contribution in [-0.4, -0.2) is 50.9 Å². The highest BCUT2D eigenvalue weighted by Gasteiger charge is 2.23. The van der Waals surface area contributed by atoms with Gasteiger partial charge in [-0.05, 0) is 25.9 Å². The Hall–Kier alpha value is 0.220. The van der Waals surface area contributed by atoms with Crippen LogP contribution in [0.3, 0.4) is 0 Å². The molecular weight excluding hydrogens is 295 g/mol. The van der Waals surface area contributed by atoms with E-state index >= 15 is 0 Å². The van der Waals surface area contributed by atoms with Gasteiger partial charge < -0.3 is 10.6 Å². The second kappa shape index (κ2) is 11.1. The molecule has 0 saturated carbocycles. The predicted molar refractivity (Wildman–Crippen MR) is 69.1 cm³/mol. The number of piperidine rings is 2. The average Bonchev–Trinajstić information content (AvgIpc) is 2.28. The maximum absolute atomic E-state index is 12.2. The Morgan fingerprint density at radius 1 is 0.611 bits per heavy atom. The second-order valence-electron chi connectivity index (χ2n) is 4.05. The normalized spacial score (nSPS) is 35.3. The first-order valence-electron chi connectivity index (χ1n) is 5.59. The minimum absolute atomic E-state index is 0. The smallest absolute Gasteiger partial charge is 0.144 e. The third-order valence-corrected chi connectivity index (χ3v) is 2.66. The summed E-state index contributed by atoms with van der Waals surface area (Å²) in [4.78, 5) is 0. The van der Waals surface area contributed by atoms with E-state index in [1.807, 2.05) is 0 Å². The fourth-order valence-electron chi connectivity index (χ4n) is 1.58. The summed E-state index contributed by atoms with van der Waals surface area (Å²) in [6.45, 7) is 1.59. The third kappa shape index (κ3) is 7.61. The quantitative estimate of drug-likeness (QED) is 0.670. The Labute approximate surface area is 117 Å². The van der Waals surface area contributed by atoms with Crippen molar-refractivity contribution >= 4 is 24.8 Å². The standard InChI is InChI=1S/2C5H9F2N.2ClH/c2*6-4-1-2-8-3-5(4)7;;/h2*4-5,8H,1-3H2;2*1H/t2*4-,5+;;/m10../s1. The van der Waals surface area contributed by atoms with Gasteiger partial charge in [0, 0.05) is 13.1 Å². The molecule has 0 aromatic rings. The van der Waals surface area contributed by atoms with E-state index in [0.717, 1.165) is 0 Å². The molecule has 2 rings (SSSR count). The first-order chi connectivity index (χ1) is 7.61. The van der Waals surface area contributed by atoms with Crippen LogP contribution in [0, 0.1) is 0 Å². The van der Waals surface area contributed by atoms with Crippen molar-refractivity contribution in [3.63, 3.8) is 0 Å². The van der Waals surface area contributed by atoms with Crippen molar-refractivity contribution in [1.29, 1.82) is 0 Å². The highest BCUT2D eigenvalue weighted by Crippen LogP contribution is 2.10. The molecule has 2 saturated heterocycles. The van der Waals surface area contributed by atoms with Crippen molar-refractivity contribution in [3.05, 3.63) is 0 Å². The van der Waals surface area contributed by atoms with Gasteiger partial charge in [-0.1, -0.05) is 0 Å². The van der Waals surface area contributed by atoms with E-state index in [2.05, 4.69) is 10.6 Å². The van der Waals surface area contributed by atoms with Gasteiger partial charge in [-0.25, -0.2) is 17.6 Å². The van der Waals surface area contributed by atoms with E-state index in [9.17, 15) is 17.6 Å². The summed E-state index contributed by atoms with van der Waals surface area (Å²) in [5, 5.41) is 5.50. The summed E-state index contributed by atoms with van der Waals surface area (Å²) in [7, 11) is 0. The van der Waals surface area contributed by atoms with Gasteiger partial charge in [-0.2, -0.15) is 0 Å². The molecule has 4 atom stereocenters. The second-order valence-corrected chi connectivity index (χ2v) is 4.05. The molecule has 2 fully saturated rings. The zero-order chi connectivity index (χ0) is 12.0. The van der Waals surface area contributed by atoms with Crippen molar-refractivity contribution in [2.24, 2.45) is 0 Å². The molecule has 0 aromatic carbocycles. The van der Waals surface area contributed by atoms with Gasteiger partial charge in [-0.15, -0.1) is 24.8 Å². The summed E-state index contributed by atoms with van der Waals surface area (Å²) in [5.41, 5.74) is 0. The van der Waals surface area contributed by atoms with Crippen LogP contribution in [0.1, 0.15) is 12.8 Å². The van der Waals surface area contributed by atoms with Crippen LogP contribution in [0.4, 0.5) is 17.6 Å². The molecule has 0 aromatic heterocycles. The molecule has 0 amide bonds. The molecular formula is C10H20Cl2F4N2. The summed E-state index contributed by atoms with van der Waals surface area (Å²) < 4.78 is 48.6. The Balaban J connectivity index is 0. The van der Waals surface area contributed by atoms with Gasteiger partial charge in [0.25, 0.3) is 0 Å². The molecule has 0 bridgehead atoms. The first kappa shape index (κ1) is 20.5. The number of nitrogens with one attached hydrogen (secondary N) is 2. The highest BCUT2D eigenvalue weighted by molar-refractivity contribution is 5.85. The number of alkyl halides is 4. The summed E-state index contributed by atoms with van der Waals surface area (Å²) in [6.07, 6.45) is -4.36. The zero-order valence-corrected chi connectivity index (χ0v) is 11.5. The fraction of sp³-hybridized carbons (Fsp3) is 1.00. The van der Waals surface area contributed by atoms with Crippen LogP contribution in [0.15, 0.2) is 0 Å². The van der Waals surface area contributed by atoms with Crippen molar-refractivity contribution in [2.75, 3.05) is 26.2 Å². The van der Waals surface area contributed by atoms with Crippen molar-refractivity contribution in [1.82, 2.24) is 10.6 Å². The van der Waals surface area contributed by atoms with Gasteiger partial charge in [0.2, 0.25) is 0 Å². The Kier molecular flexibility index (Phi) is 12.6. The highest BCUT2D eigenvalue weighted by atomic mass is 35.5. The SMILES string of the molecule is Cl.Cl.F[C@@H]1CCNC[C@@H]1F.F[C@@H]1CNCC[C@@H]1F. The van der Waals surface area contributed by atoms with E-state index < -0.39 is 24.7 Å². The van der Waals surface area contributed by atoms with E-state index in [-0.39, 0.29) is 37.9 Å². The minimum Gasteiger partial charge on any atom is -0.314 e. The third-order valence-electron chi connectivity index (χ3n) is 2.66. The van der Waals surface area contributed by atoms with Gasteiger partial charge in [0.15, 0.2) is 0 Å². The summed E-state index contributed by atoms with van der Waals surface area (Å²) in [6, 6.07) is 0. The van der Waals surface area contributed by atoms with Crippen LogP contribution >= 0.6 is 24.8 Å². The van der Waals surface area contributed by atoms with Crippen LogP contribution in [-0.2, 0) is 0 Å². The Morgan fingerprint density at radius 3 is 1.11 bits per heavy atom. The summed E-state index contributed by atoms with van der Waals surface area (Å²) >= 11 is 0. The van der Waals surface area contributed by atoms with Gasteiger partial charge in [-0.3, -0.25) is 0 Å². The molecule has 0 spiro atoms. The topological polar surface area (TPSA) is 24.1 Å². The van der Waals surface area contributed by atoms with E-state index in [4.69, 9.17) is 0 Å².